The van der Waals surface area contributed by atoms with Gasteiger partial charge in [-0.2, -0.15) is 0 Å². The van der Waals surface area contributed by atoms with Crippen molar-refractivity contribution in [3.63, 3.8) is 0 Å². The number of fused-ring (bicyclic) bond motifs is 3. The van der Waals surface area contributed by atoms with Gasteiger partial charge >= 0.3 is 12.1 Å². The van der Waals surface area contributed by atoms with Crippen LogP contribution in [-0.2, 0) is 16.1 Å². The average molecular weight is 480 g/mol. The van der Waals surface area contributed by atoms with Gasteiger partial charge in [0.25, 0.3) is 0 Å². The predicted octanol–water partition coefficient (Wildman–Crippen LogP) is 4.16. The van der Waals surface area contributed by atoms with Gasteiger partial charge < -0.3 is 20.5 Å². The summed E-state index contributed by atoms with van der Waals surface area (Å²) in [5.74, 6) is -1.40. The van der Waals surface area contributed by atoms with E-state index >= 15 is 0 Å². The molecule has 176 valence electrons. The Balaban J connectivity index is 1.28. The van der Waals surface area contributed by atoms with Gasteiger partial charge in [-0.05, 0) is 28.7 Å². The van der Waals surface area contributed by atoms with Crippen molar-refractivity contribution in [1.29, 1.82) is 0 Å². The van der Waals surface area contributed by atoms with Crippen molar-refractivity contribution in [2.24, 2.45) is 0 Å². The molecule has 0 bridgehead atoms. The second kappa shape index (κ2) is 10.5. The number of nitrogens with zero attached hydrogens (tertiary/aromatic N) is 1. The number of hydrogen-bond donors (Lipinski definition) is 3. The normalized spacial score (nSPS) is 13.0. The SMILES string of the molecule is CC[C@H](CC(=O)NCc1nc(C(=O)O)cs1)NC(=O)OCC1c2ccccc2-c2ccccc21. The van der Waals surface area contributed by atoms with Crippen LogP contribution in [0, 0.1) is 0 Å². The van der Waals surface area contributed by atoms with Crippen LogP contribution < -0.4 is 10.6 Å². The Kier molecular flexibility index (Phi) is 7.22. The van der Waals surface area contributed by atoms with E-state index in [-0.39, 0.29) is 43.1 Å². The highest BCUT2D eigenvalue weighted by Crippen LogP contribution is 2.44. The maximum absolute atomic E-state index is 12.5. The topological polar surface area (TPSA) is 118 Å². The van der Waals surface area contributed by atoms with Gasteiger partial charge in [0, 0.05) is 23.8 Å². The Labute approximate surface area is 201 Å². The lowest BCUT2D eigenvalue weighted by molar-refractivity contribution is -0.121. The van der Waals surface area contributed by atoms with Crippen LogP contribution in [0.4, 0.5) is 4.79 Å². The lowest BCUT2D eigenvalue weighted by atomic mass is 9.98. The summed E-state index contributed by atoms with van der Waals surface area (Å²) in [6.07, 6.45) is 0.0723. The molecule has 0 saturated carbocycles. The number of aromatic nitrogens is 1. The van der Waals surface area contributed by atoms with Crippen LogP contribution in [0.2, 0.25) is 0 Å². The van der Waals surface area contributed by atoms with Crippen LogP contribution >= 0.6 is 11.3 Å². The minimum atomic E-state index is -1.10. The Bertz CT molecular complexity index is 1160. The Morgan fingerprint density at radius 2 is 1.74 bits per heavy atom. The maximum atomic E-state index is 12.5. The summed E-state index contributed by atoms with van der Waals surface area (Å²) < 4.78 is 5.56. The molecule has 1 aromatic heterocycles. The Morgan fingerprint density at radius 3 is 2.32 bits per heavy atom. The first-order valence-electron chi connectivity index (χ1n) is 11.0. The Hall–Kier alpha value is -3.72. The van der Waals surface area contributed by atoms with E-state index in [0.29, 0.717) is 11.4 Å². The van der Waals surface area contributed by atoms with E-state index in [1.807, 2.05) is 31.2 Å². The molecule has 34 heavy (non-hydrogen) atoms. The van der Waals surface area contributed by atoms with Gasteiger partial charge in [0.15, 0.2) is 5.69 Å². The first kappa shape index (κ1) is 23.4. The van der Waals surface area contributed by atoms with Crippen LogP contribution in [0.15, 0.2) is 53.9 Å². The molecule has 3 N–H and O–H groups in total. The minimum absolute atomic E-state index is 0.0319. The summed E-state index contributed by atoms with van der Waals surface area (Å²) in [6, 6.07) is 15.9. The average Bonchev–Trinajstić information content (AvgIpc) is 3.44. The number of hydrogen-bond acceptors (Lipinski definition) is 6. The zero-order valence-corrected chi connectivity index (χ0v) is 19.4. The standard InChI is InChI=1S/C25H25N3O5S/c1-2-15(11-22(29)26-12-23-28-21(14-34-23)24(30)31)27-25(32)33-13-20-18-9-5-3-7-16(18)17-8-4-6-10-19(17)20/h3-10,14-15,20H,2,11-13H2,1H3,(H,26,29)(H,27,32)(H,30,31)/t15-/m1/s1. The number of thiazole rings is 1. The van der Waals surface area contributed by atoms with E-state index in [1.54, 1.807) is 0 Å². The molecule has 2 aromatic carbocycles. The molecule has 8 nitrogen and oxygen atoms in total. The quantitative estimate of drug-likeness (QED) is 0.424. The number of carboxylic acid groups (broad SMARTS) is 1. The molecule has 1 aliphatic rings. The summed E-state index contributed by atoms with van der Waals surface area (Å²) in [7, 11) is 0. The van der Waals surface area contributed by atoms with Gasteiger partial charge in [-0.15, -0.1) is 11.3 Å². The minimum Gasteiger partial charge on any atom is -0.476 e. The predicted molar refractivity (Wildman–Crippen MR) is 128 cm³/mol. The summed E-state index contributed by atoms with van der Waals surface area (Å²) in [5, 5.41) is 16.3. The fourth-order valence-corrected chi connectivity index (χ4v) is 4.77. The second-order valence-electron chi connectivity index (χ2n) is 7.99. The van der Waals surface area contributed by atoms with Crippen LogP contribution in [-0.4, -0.2) is 40.7 Å². The zero-order valence-electron chi connectivity index (χ0n) is 18.6. The van der Waals surface area contributed by atoms with Crippen molar-refractivity contribution in [3.05, 3.63) is 75.7 Å². The monoisotopic (exact) mass is 479 g/mol. The third kappa shape index (κ3) is 5.26. The zero-order chi connectivity index (χ0) is 24.1. The second-order valence-corrected chi connectivity index (χ2v) is 8.93. The van der Waals surface area contributed by atoms with E-state index in [9.17, 15) is 14.4 Å². The molecule has 1 aliphatic carbocycles. The van der Waals surface area contributed by atoms with E-state index in [1.165, 1.54) is 16.7 Å². The van der Waals surface area contributed by atoms with E-state index in [4.69, 9.17) is 9.84 Å². The van der Waals surface area contributed by atoms with Crippen LogP contribution in [0.25, 0.3) is 11.1 Å². The number of nitrogens with one attached hydrogen (secondary N) is 2. The largest absolute Gasteiger partial charge is 0.476 e. The van der Waals surface area contributed by atoms with Crippen molar-refractivity contribution in [3.8, 4) is 11.1 Å². The van der Waals surface area contributed by atoms with Crippen molar-refractivity contribution >= 4 is 29.3 Å². The third-order valence-corrected chi connectivity index (χ3v) is 6.65. The van der Waals surface area contributed by atoms with Gasteiger partial charge in [0.05, 0.1) is 6.54 Å². The number of aromatic carboxylic acids is 1. The molecule has 2 amide bonds. The summed E-state index contributed by atoms with van der Waals surface area (Å²) in [5.41, 5.74) is 4.54. The highest BCUT2D eigenvalue weighted by molar-refractivity contribution is 7.09. The van der Waals surface area contributed by atoms with E-state index < -0.39 is 12.1 Å². The van der Waals surface area contributed by atoms with E-state index in [0.717, 1.165) is 22.3 Å². The lowest BCUT2D eigenvalue weighted by Crippen LogP contribution is -2.39. The first-order valence-corrected chi connectivity index (χ1v) is 11.9. The molecule has 0 saturated heterocycles. The number of carbonyl (C=O) groups excluding carboxylic acids is 2. The number of benzene rings is 2. The molecule has 4 rings (SSSR count). The highest BCUT2D eigenvalue weighted by Gasteiger charge is 2.29. The van der Waals surface area contributed by atoms with Gasteiger partial charge in [0.1, 0.15) is 11.6 Å². The maximum Gasteiger partial charge on any atom is 0.407 e. The number of rotatable bonds is 9. The van der Waals surface area contributed by atoms with Gasteiger partial charge in [-0.1, -0.05) is 55.5 Å². The van der Waals surface area contributed by atoms with E-state index in [2.05, 4.69) is 39.9 Å². The molecule has 0 fully saturated rings. The van der Waals surface area contributed by atoms with Gasteiger partial charge in [-0.25, -0.2) is 14.6 Å². The number of amides is 2. The summed E-state index contributed by atoms with van der Waals surface area (Å²) in [6.45, 7) is 2.22. The van der Waals surface area contributed by atoms with Crippen LogP contribution in [0.5, 0.6) is 0 Å². The molecule has 1 heterocycles. The summed E-state index contributed by atoms with van der Waals surface area (Å²) in [4.78, 5) is 39.6. The molecule has 9 heteroatoms. The molecule has 0 unspecified atom stereocenters. The smallest absolute Gasteiger partial charge is 0.407 e. The van der Waals surface area contributed by atoms with Crippen molar-refractivity contribution in [2.45, 2.75) is 38.3 Å². The molecule has 0 spiro atoms. The Morgan fingerprint density at radius 1 is 1.09 bits per heavy atom. The highest BCUT2D eigenvalue weighted by atomic mass is 32.1. The molecule has 0 radical (unpaired) electrons. The van der Waals surface area contributed by atoms with Crippen molar-refractivity contribution in [2.75, 3.05) is 6.61 Å². The van der Waals surface area contributed by atoms with Crippen LogP contribution in [0.1, 0.15) is 52.3 Å². The number of alkyl carbamates (subject to hydrolysis) is 1. The fraction of sp³-hybridized carbons (Fsp3) is 0.280. The number of carbonyl (C=O) groups is 3. The third-order valence-electron chi connectivity index (χ3n) is 5.80. The lowest BCUT2D eigenvalue weighted by Gasteiger charge is -2.18. The number of ether oxygens (including phenoxy) is 1. The van der Waals surface area contributed by atoms with Crippen molar-refractivity contribution < 1.29 is 24.2 Å². The molecular weight excluding hydrogens is 454 g/mol. The van der Waals surface area contributed by atoms with Gasteiger partial charge in [-0.3, -0.25) is 4.79 Å². The summed E-state index contributed by atoms with van der Waals surface area (Å²) >= 11 is 1.17. The molecule has 0 aliphatic heterocycles. The number of carboxylic acids is 1. The van der Waals surface area contributed by atoms with Gasteiger partial charge in [0.2, 0.25) is 5.91 Å². The van der Waals surface area contributed by atoms with Crippen molar-refractivity contribution in [1.82, 2.24) is 15.6 Å². The molecule has 3 aromatic rings. The molecular formula is C25H25N3O5S. The van der Waals surface area contributed by atoms with Crippen LogP contribution in [0.3, 0.4) is 0 Å². The molecule has 1 atom stereocenters. The first-order chi connectivity index (χ1) is 16.5. The fourth-order valence-electron chi connectivity index (χ4n) is 4.06.